The van der Waals surface area contributed by atoms with Crippen molar-refractivity contribution in [2.45, 2.75) is 12.0 Å². The second-order valence-corrected chi connectivity index (χ2v) is 8.92. The van der Waals surface area contributed by atoms with Crippen molar-refractivity contribution in [2.75, 3.05) is 11.9 Å². The summed E-state index contributed by atoms with van der Waals surface area (Å²) in [6.45, 7) is 0.190. The number of amidine groups is 1. The van der Waals surface area contributed by atoms with Crippen molar-refractivity contribution in [1.29, 1.82) is 5.26 Å². The van der Waals surface area contributed by atoms with Crippen LogP contribution in [0.2, 0.25) is 0 Å². The number of carbonyl (C=O) groups excluding carboxylic acids is 1. The average molecular weight is 524 g/mol. The number of nitrogens with one attached hydrogen (secondary N) is 1. The van der Waals surface area contributed by atoms with Gasteiger partial charge in [-0.05, 0) is 59.7 Å². The Morgan fingerprint density at radius 3 is 2.67 bits per heavy atom. The molecule has 1 spiro atoms. The summed E-state index contributed by atoms with van der Waals surface area (Å²) in [7, 11) is 0. The van der Waals surface area contributed by atoms with Gasteiger partial charge in [-0.2, -0.15) is 9.65 Å². The maximum atomic E-state index is 15.5. The molecule has 0 bridgehead atoms. The van der Waals surface area contributed by atoms with Gasteiger partial charge < -0.3 is 20.5 Å². The lowest BCUT2D eigenvalue weighted by Gasteiger charge is -2.39. The van der Waals surface area contributed by atoms with Gasteiger partial charge in [0.25, 0.3) is 11.9 Å². The number of hydrogen-bond acceptors (Lipinski definition) is 8. The molecule has 1 atom stereocenters. The lowest BCUT2D eigenvalue weighted by atomic mass is 9.76. The van der Waals surface area contributed by atoms with Gasteiger partial charge in [0.1, 0.15) is 23.1 Å². The standard InChI is InChI=1S/C28H18F2N6O3/c29-21-10-17(16-5-7-33-24(30)11-16)9-20-25(21)39-23-4-2-18(12-19(23)28(20)6-8-38-27(32)36-28)35-26(37)22-3-1-15(13-31)14-34-22/h1-5,7,9-12,14H,6,8H2,(H2,32,36)(H,35,37)/t28-/m0/s1. The summed E-state index contributed by atoms with van der Waals surface area (Å²) in [6.07, 6.45) is 2.90. The summed E-state index contributed by atoms with van der Waals surface area (Å²) in [4.78, 5) is 25.1. The van der Waals surface area contributed by atoms with Gasteiger partial charge in [0.2, 0.25) is 5.95 Å². The van der Waals surface area contributed by atoms with Crippen LogP contribution in [-0.4, -0.2) is 28.5 Å². The van der Waals surface area contributed by atoms with Crippen molar-refractivity contribution in [3.63, 3.8) is 0 Å². The van der Waals surface area contributed by atoms with Crippen molar-refractivity contribution >= 4 is 17.6 Å². The van der Waals surface area contributed by atoms with E-state index in [0.29, 0.717) is 45.7 Å². The van der Waals surface area contributed by atoms with Gasteiger partial charge in [-0.15, -0.1) is 0 Å². The number of hydrogen-bond donors (Lipinski definition) is 2. The normalized spacial score (nSPS) is 17.1. The second kappa shape index (κ2) is 9.18. The highest BCUT2D eigenvalue weighted by atomic mass is 19.1. The first-order valence-electron chi connectivity index (χ1n) is 11.8. The molecular formula is C28H18F2N6O3. The SMILES string of the molecule is N#Cc1ccc(C(=O)Nc2ccc3c(c2)[C@@]2(CCOC(N)=N2)c2cc(-c4ccnc(F)c4)cc(F)c2O3)nc1. The van der Waals surface area contributed by atoms with Gasteiger partial charge >= 0.3 is 0 Å². The van der Waals surface area contributed by atoms with Gasteiger partial charge in [0.05, 0.1) is 12.2 Å². The van der Waals surface area contributed by atoms with E-state index in [1.54, 1.807) is 30.3 Å². The van der Waals surface area contributed by atoms with Crippen molar-refractivity contribution in [3.05, 3.63) is 101 Å². The van der Waals surface area contributed by atoms with Crippen LogP contribution in [0.15, 0.2) is 72.0 Å². The number of pyridine rings is 2. The Kier molecular flexibility index (Phi) is 5.65. The minimum atomic E-state index is -1.21. The fraction of sp³-hybridized carbons (Fsp3) is 0.107. The summed E-state index contributed by atoms with van der Waals surface area (Å²) in [6, 6.07) is 15.4. The number of nitriles is 1. The van der Waals surface area contributed by atoms with E-state index in [9.17, 15) is 9.18 Å². The van der Waals surface area contributed by atoms with Gasteiger partial charge in [-0.25, -0.2) is 19.4 Å². The maximum Gasteiger partial charge on any atom is 0.283 e. The molecule has 2 aromatic carbocycles. The quantitative estimate of drug-likeness (QED) is 0.373. The van der Waals surface area contributed by atoms with Crippen LogP contribution >= 0.6 is 0 Å². The van der Waals surface area contributed by atoms with Crippen LogP contribution in [0.3, 0.4) is 0 Å². The Labute approximate surface area is 220 Å². The molecule has 0 saturated heterocycles. The van der Waals surface area contributed by atoms with E-state index >= 15 is 4.39 Å². The summed E-state index contributed by atoms with van der Waals surface area (Å²) < 4.78 is 40.8. The fourth-order valence-corrected chi connectivity index (χ4v) is 4.79. The number of carbonyl (C=O) groups is 1. The monoisotopic (exact) mass is 524 g/mol. The van der Waals surface area contributed by atoms with Crippen LogP contribution in [0, 0.1) is 23.1 Å². The largest absolute Gasteiger partial charge is 0.465 e. The first-order valence-corrected chi connectivity index (χ1v) is 11.8. The van der Waals surface area contributed by atoms with E-state index < -0.39 is 23.2 Å². The zero-order chi connectivity index (χ0) is 27.1. The Bertz CT molecular complexity index is 1720. The van der Waals surface area contributed by atoms with Crippen LogP contribution in [0.25, 0.3) is 11.1 Å². The molecule has 4 aromatic rings. The van der Waals surface area contributed by atoms with Crippen LogP contribution < -0.4 is 15.8 Å². The van der Waals surface area contributed by atoms with Gasteiger partial charge in [0.15, 0.2) is 11.6 Å². The number of nitrogens with zero attached hydrogens (tertiary/aromatic N) is 4. The molecule has 0 unspecified atom stereocenters. The van der Waals surface area contributed by atoms with E-state index in [4.69, 9.17) is 20.5 Å². The van der Waals surface area contributed by atoms with Gasteiger partial charge in [-0.1, -0.05) is 0 Å². The molecular weight excluding hydrogens is 506 g/mol. The molecule has 6 rings (SSSR count). The van der Waals surface area contributed by atoms with Crippen molar-refractivity contribution < 1.29 is 23.0 Å². The molecule has 0 radical (unpaired) electrons. The third-order valence-electron chi connectivity index (χ3n) is 6.58. The summed E-state index contributed by atoms with van der Waals surface area (Å²) in [5.74, 6) is -1.55. The molecule has 0 saturated carbocycles. The number of benzene rings is 2. The van der Waals surface area contributed by atoms with E-state index in [0.717, 1.165) is 0 Å². The molecule has 39 heavy (non-hydrogen) atoms. The van der Waals surface area contributed by atoms with E-state index in [1.807, 2.05) is 6.07 Å². The fourth-order valence-electron chi connectivity index (χ4n) is 4.79. The topological polar surface area (TPSA) is 136 Å². The molecule has 2 aliphatic rings. The second-order valence-electron chi connectivity index (χ2n) is 8.92. The zero-order valence-corrected chi connectivity index (χ0v) is 20.1. The highest BCUT2D eigenvalue weighted by Gasteiger charge is 2.46. The zero-order valence-electron chi connectivity index (χ0n) is 20.1. The lowest BCUT2D eigenvalue weighted by Crippen LogP contribution is -2.39. The van der Waals surface area contributed by atoms with Crippen molar-refractivity contribution in [1.82, 2.24) is 9.97 Å². The number of nitrogens with two attached hydrogens (primary N) is 1. The number of fused-ring (bicyclic) bond motifs is 4. The number of anilines is 1. The maximum absolute atomic E-state index is 15.5. The van der Waals surface area contributed by atoms with Crippen LogP contribution in [0.4, 0.5) is 14.5 Å². The molecule has 0 aliphatic carbocycles. The molecule has 11 heteroatoms. The number of aliphatic imine (C=N–C) groups is 1. The van der Waals surface area contributed by atoms with Crippen LogP contribution in [-0.2, 0) is 10.3 Å². The number of amides is 1. The van der Waals surface area contributed by atoms with Crippen molar-refractivity contribution in [2.24, 2.45) is 10.7 Å². The average Bonchev–Trinajstić information content (AvgIpc) is 2.94. The van der Waals surface area contributed by atoms with Gasteiger partial charge in [0, 0.05) is 41.7 Å². The van der Waals surface area contributed by atoms with E-state index in [1.165, 1.54) is 36.7 Å². The molecule has 9 nitrogen and oxygen atoms in total. The molecule has 4 heterocycles. The molecule has 1 amide bonds. The summed E-state index contributed by atoms with van der Waals surface area (Å²) in [5.41, 5.74) is 7.39. The Balaban J connectivity index is 1.46. The van der Waals surface area contributed by atoms with E-state index in [-0.39, 0.29) is 24.1 Å². The van der Waals surface area contributed by atoms with Gasteiger partial charge in [-0.3, -0.25) is 4.79 Å². The summed E-state index contributed by atoms with van der Waals surface area (Å²) in [5, 5.41) is 11.7. The number of aromatic nitrogens is 2. The number of halogens is 2. The molecule has 0 fully saturated rings. The highest BCUT2D eigenvalue weighted by Crippen LogP contribution is 2.54. The first-order chi connectivity index (χ1) is 18.9. The smallest absolute Gasteiger partial charge is 0.283 e. The Morgan fingerprint density at radius 2 is 1.92 bits per heavy atom. The van der Waals surface area contributed by atoms with Crippen molar-refractivity contribution in [3.8, 4) is 28.7 Å². The minimum absolute atomic E-state index is 0.0298. The number of ether oxygens (including phenoxy) is 2. The molecule has 3 N–H and O–H groups in total. The third-order valence-corrected chi connectivity index (χ3v) is 6.58. The predicted molar refractivity (Wildman–Crippen MR) is 136 cm³/mol. The number of rotatable bonds is 3. The van der Waals surface area contributed by atoms with Crippen LogP contribution in [0.5, 0.6) is 11.5 Å². The molecule has 192 valence electrons. The minimum Gasteiger partial charge on any atom is -0.465 e. The Hall–Kier alpha value is -5.37. The predicted octanol–water partition coefficient (Wildman–Crippen LogP) is 4.63. The molecule has 2 aromatic heterocycles. The first kappa shape index (κ1) is 24.0. The lowest BCUT2D eigenvalue weighted by molar-refractivity contribution is 0.102. The van der Waals surface area contributed by atoms with E-state index in [2.05, 4.69) is 20.3 Å². The summed E-state index contributed by atoms with van der Waals surface area (Å²) >= 11 is 0. The van der Waals surface area contributed by atoms with Crippen LogP contribution in [0.1, 0.15) is 33.6 Å². The molecule has 2 aliphatic heterocycles. The third kappa shape index (κ3) is 4.18. The highest BCUT2D eigenvalue weighted by molar-refractivity contribution is 6.03. The Morgan fingerprint density at radius 1 is 1.05 bits per heavy atom.